The summed E-state index contributed by atoms with van der Waals surface area (Å²) >= 11 is -1.51. The van der Waals surface area contributed by atoms with Gasteiger partial charge in [0.2, 0.25) is 5.91 Å². The fourth-order valence-electron chi connectivity index (χ4n) is 1.56. The van der Waals surface area contributed by atoms with Gasteiger partial charge in [0.05, 0.1) is 24.2 Å². The minimum absolute atomic E-state index is 0.0809. The number of hydrogen-bond donors (Lipinski definition) is 1. The van der Waals surface area contributed by atoms with E-state index < -0.39 is 11.1 Å². The Morgan fingerprint density at radius 1 is 1.44 bits per heavy atom. The molecule has 1 heterocycles. The van der Waals surface area contributed by atoms with E-state index in [0.717, 1.165) is 5.56 Å². The van der Waals surface area contributed by atoms with E-state index >= 15 is 0 Å². The van der Waals surface area contributed by atoms with E-state index in [0.29, 0.717) is 11.5 Å². The van der Waals surface area contributed by atoms with Gasteiger partial charge in [-0.05, 0) is 19.1 Å². The van der Waals surface area contributed by atoms with Gasteiger partial charge in [0.15, 0.2) is 11.1 Å². The summed E-state index contributed by atoms with van der Waals surface area (Å²) < 4.78 is 22.1. The largest absolute Gasteiger partial charge is 0.369 e. The predicted octanol–water partition coefficient (Wildman–Crippen LogP) is 0.549. The fraction of sp³-hybridized carbons (Fsp3) is 0.417. The zero-order valence-corrected chi connectivity index (χ0v) is 10.9. The zero-order chi connectivity index (χ0) is 13.0. The van der Waals surface area contributed by atoms with Crippen molar-refractivity contribution in [3.05, 3.63) is 29.8 Å². The van der Waals surface area contributed by atoms with Crippen LogP contribution in [-0.4, -0.2) is 36.0 Å². The van der Waals surface area contributed by atoms with Crippen molar-refractivity contribution in [1.29, 1.82) is 0 Å². The van der Waals surface area contributed by atoms with Crippen molar-refractivity contribution >= 4 is 17.0 Å². The normalized spacial score (nSPS) is 21.4. The van der Waals surface area contributed by atoms with Crippen molar-refractivity contribution in [3.8, 4) is 0 Å². The molecule has 1 fully saturated rings. The summed E-state index contributed by atoms with van der Waals surface area (Å²) in [6.07, 6.45) is 0. The maximum Gasteiger partial charge on any atom is 0.246 e. The summed E-state index contributed by atoms with van der Waals surface area (Å²) in [5, 5.41) is 2.71. The minimum Gasteiger partial charge on any atom is -0.369 e. The Labute approximate surface area is 108 Å². The Morgan fingerprint density at radius 2 is 2.17 bits per heavy atom. The van der Waals surface area contributed by atoms with Crippen molar-refractivity contribution < 1.29 is 17.9 Å². The third-order valence-electron chi connectivity index (χ3n) is 2.51. The Bertz CT molecular complexity index is 446. The summed E-state index contributed by atoms with van der Waals surface area (Å²) in [6.45, 7) is 2.60. The molecule has 1 aliphatic heterocycles. The van der Waals surface area contributed by atoms with E-state index in [-0.39, 0.29) is 25.2 Å². The van der Waals surface area contributed by atoms with Crippen LogP contribution < -0.4 is 5.32 Å². The van der Waals surface area contributed by atoms with Crippen LogP contribution in [0.1, 0.15) is 5.56 Å². The summed E-state index contributed by atoms with van der Waals surface area (Å²) in [7, 11) is 0. The highest BCUT2D eigenvalue weighted by Gasteiger charge is 2.19. The lowest BCUT2D eigenvalue weighted by atomic mass is 10.2. The Hall–Kier alpha value is -1.24. The molecular weight excluding hydrogens is 254 g/mol. The van der Waals surface area contributed by atoms with Crippen molar-refractivity contribution in [2.24, 2.45) is 0 Å². The van der Waals surface area contributed by atoms with Crippen molar-refractivity contribution in [1.82, 2.24) is 5.32 Å². The van der Waals surface area contributed by atoms with Gasteiger partial charge < -0.3 is 10.1 Å². The van der Waals surface area contributed by atoms with Gasteiger partial charge in [-0.15, -0.1) is 0 Å². The third kappa shape index (κ3) is 3.63. The van der Waals surface area contributed by atoms with Crippen LogP contribution in [0.3, 0.4) is 0 Å². The second kappa shape index (κ2) is 6.08. The van der Waals surface area contributed by atoms with Crippen molar-refractivity contribution in [2.75, 3.05) is 19.8 Å². The molecule has 18 heavy (non-hydrogen) atoms. The van der Waals surface area contributed by atoms with E-state index in [4.69, 9.17) is 8.92 Å². The number of aryl methyl sites for hydroxylation is 1. The number of nitrogens with one attached hydrogen (secondary N) is 1. The molecule has 0 aliphatic carbocycles. The first kappa shape index (κ1) is 13.2. The molecule has 1 aromatic rings. The molecule has 1 aliphatic rings. The van der Waals surface area contributed by atoms with Gasteiger partial charge in [0.25, 0.3) is 0 Å². The fourth-order valence-corrected chi connectivity index (χ4v) is 2.34. The monoisotopic (exact) mass is 269 g/mol. The second-order valence-electron chi connectivity index (χ2n) is 4.11. The number of hydrogen-bond acceptors (Lipinski definition) is 4. The number of amides is 1. The standard InChI is InChI=1S/C12H15NO4S/c1-9-2-4-11(5-3-9)18(15)17-7-10-6-16-8-12(14)13-10/h2-5,10H,6-8H2,1H3,(H,13,14). The molecular formula is C12H15NO4S. The van der Waals surface area contributed by atoms with Crippen LogP contribution in [0.2, 0.25) is 0 Å². The van der Waals surface area contributed by atoms with Gasteiger partial charge in [-0.3, -0.25) is 8.98 Å². The number of morpholine rings is 1. The van der Waals surface area contributed by atoms with E-state index in [1.54, 1.807) is 12.1 Å². The SMILES string of the molecule is Cc1ccc(S(=O)OCC2COCC(=O)N2)cc1. The van der Waals surface area contributed by atoms with E-state index in [2.05, 4.69) is 5.32 Å². The molecule has 0 aromatic heterocycles. The van der Waals surface area contributed by atoms with Crippen LogP contribution >= 0.6 is 0 Å². The first-order chi connectivity index (χ1) is 8.65. The maximum absolute atomic E-state index is 11.8. The van der Waals surface area contributed by atoms with E-state index in [9.17, 15) is 9.00 Å². The Balaban J connectivity index is 1.84. The molecule has 2 rings (SSSR count). The number of rotatable bonds is 4. The van der Waals surface area contributed by atoms with E-state index in [1.165, 1.54) is 0 Å². The highest BCUT2D eigenvalue weighted by atomic mass is 32.2. The van der Waals surface area contributed by atoms with Crippen LogP contribution in [0.25, 0.3) is 0 Å². The molecule has 1 amide bonds. The average molecular weight is 269 g/mol. The van der Waals surface area contributed by atoms with Crippen LogP contribution in [0, 0.1) is 6.92 Å². The topological polar surface area (TPSA) is 64.6 Å². The van der Waals surface area contributed by atoms with Crippen molar-refractivity contribution in [3.63, 3.8) is 0 Å². The number of carbonyl (C=O) groups excluding carboxylic acids is 1. The summed E-state index contributed by atoms with van der Waals surface area (Å²) in [4.78, 5) is 11.7. The van der Waals surface area contributed by atoms with Gasteiger partial charge >= 0.3 is 0 Å². The molecule has 6 heteroatoms. The second-order valence-corrected chi connectivity index (χ2v) is 5.29. The quantitative estimate of drug-likeness (QED) is 0.867. The van der Waals surface area contributed by atoms with Crippen LogP contribution in [0.4, 0.5) is 0 Å². The summed E-state index contributed by atoms with van der Waals surface area (Å²) in [5.74, 6) is -0.170. The smallest absolute Gasteiger partial charge is 0.246 e. The minimum atomic E-state index is -1.51. The summed E-state index contributed by atoms with van der Waals surface area (Å²) in [6, 6.07) is 7.05. The number of benzene rings is 1. The molecule has 0 saturated carbocycles. The number of carbonyl (C=O) groups is 1. The van der Waals surface area contributed by atoms with E-state index in [1.807, 2.05) is 19.1 Å². The molecule has 1 aromatic carbocycles. The molecule has 0 bridgehead atoms. The third-order valence-corrected chi connectivity index (χ3v) is 3.51. The molecule has 0 spiro atoms. The van der Waals surface area contributed by atoms with Crippen molar-refractivity contribution in [2.45, 2.75) is 17.9 Å². The molecule has 0 radical (unpaired) electrons. The molecule has 1 N–H and O–H groups in total. The average Bonchev–Trinajstić information content (AvgIpc) is 2.37. The Morgan fingerprint density at radius 3 is 2.83 bits per heavy atom. The first-order valence-electron chi connectivity index (χ1n) is 5.64. The van der Waals surface area contributed by atoms with Gasteiger partial charge in [0, 0.05) is 0 Å². The lowest BCUT2D eigenvalue weighted by Crippen LogP contribution is -2.48. The summed E-state index contributed by atoms with van der Waals surface area (Å²) in [5.41, 5.74) is 1.10. The predicted molar refractivity (Wildman–Crippen MR) is 66.3 cm³/mol. The van der Waals surface area contributed by atoms with Gasteiger partial charge in [0.1, 0.15) is 6.61 Å². The van der Waals surface area contributed by atoms with Crippen LogP contribution in [0.15, 0.2) is 29.2 Å². The maximum atomic E-state index is 11.8. The number of ether oxygens (including phenoxy) is 1. The van der Waals surface area contributed by atoms with Gasteiger partial charge in [-0.25, -0.2) is 4.21 Å². The van der Waals surface area contributed by atoms with Gasteiger partial charge in [-0.1, -0.05) is 17.7 Å². The lowest BCUT2D eigenvalue weighted by Gasteiger charge is -2.22. The molecule has 98 valence electrons. The zero-order valence-electron chi connectivity index (χ0n) is 10.0. The van der Waals surface area contributed by atoms with Crippen LogP contribution in [0.5, 0.6) is 0 Å². The lowest BCUT2D eigenvalue weighted by molar-refractivity contribution is -0.131. The molecule has 1 saturated heterocycles. The highest BCUT2D eigenvalue weighted by Crippen LogP contribution is 2.10. The van der Waals surface area contributed by atoms with Crippen LogP contribution in [-0.2, 0) is 24.8 Å². The highest BCUT2D eigenvalue weighted by molar-refractivity contribution is 7.80. The Kier molecular flexibility index (Phi) is 4.46. The molecule has 5 nitrogen and oxygen atoms in total. The molecule has 2 atom stereocenters. The first-order valence-corrected chi connectivity index (χ1v) is 6.71. The molecule has 2 unspecified atom stereocenters. The van der Waals surface area contributed by atoms with Gasteiger partial charge in [-0.2, -0.15) is 0 Å².